The van der Waals surface area contributed by atoms with Crippen LogP contribution in [0.15, 0.2) is 0 Å². The molecule has 0 spiro atoms. The summed E-state index contributed by atoms with van der Waals surface area (Å²) in [6.45, 7) is 1.88. The van der Waals surface area contributed by atoms with E-state index in [0.29, 0.717) is 5.06 Å². The first-order valence-electron chi connectivity index (χ1n) is 4.86. The van der Waals surface area contributed by atoms with Crippen LogP contribution in [0.5, 0.6) is 0 Å². The summed E-state index contributed by atoms with van der Waals surface area (Å²) in [7, 11) is 0. The molecule has 1 heterocycles. The molecule has 3 amide bonds. The Morgan fingerprint density at radius 3 is 2.33 bits per heavy atom. The lowest BCUT2D eigenvalue weighted by Crippen LogP contribution is -2.41. The molecule has 6 nitrogen and oxygen atoms in total. The third-order valence-corrected chi connectivity index (χ3v) is 2.58. The van der Waals surface area contributed by atoms with E-state index in [1.165, 1.54) is 0 Å². The van der Waals surface area contributed by atoms with Crippen molar-refractivity contribution >= 4 is 17.9 Å². The van der Waals surface area contributed by atoms with E-state index in [9.17, 15) is 14.4 Å². The van der Waals surface area contributed by atoms with Crippen LogP contribution in [0.3, 0.4) is 0 Å². The second kappa shape index (κ2) is 3.22. The summed E-state index contributed by atoms with van der Waals surface area (Å²) in [6, 6.07) is 0. The second-order valence-electron chi connectivity index (χ2n) is 4.15. The molecule has 0 aromatic rings. The van der Waals surface area contributed by atoms with Crippen LogP contribution in [0.25, 0.3) is 0 Å². The smallest absolute Gasteiger partial charge is 0.314 e. The number of rotatable bonds is 2. The third-order valence-electron chi connectivity index (χ3n) is 2.58. The summed E-state index contributed by atoms with van der Waals surface area (Å²) >= 11 is 0. The molecule has 2 rings (SSSR count). The van der Waals surface area contributed by atoms with Crippen LogP contribution < -0.4 is 5.32 Å². The van der Waals surface area contributed by atoms with Crippen LogP contribution in [0.4, 0.5) is 4.79 Å². The molecule has 2 fully saturated rings. The summed E-state index contributed by atoms with van der Waals surface area (Å²) < 4.78 is 0. The van der Waals surface area contributed by atoms with Gasteiger partial charge in [0, 0.05) is 18.4 Å². The van der Waals surface area contributed by atoms with Crippen molar-refractivity contribution in [3.63, 3.8) is 0 Å². The van der Waals surface area contributed by atoms with Crippen molar-refractivity contribution in [1.82, 2.24) is 10.4 Å². The summed E-state index contributed by atoms with van der Waals surface area (Å²) in [6.07, 6.45) is 1.28. The molecule has 0 atom stereocenters. The maximum atomic E-state index is 11.3. The zero-order valence-corrected chi connectivity index (χ0v) is 8.41. The topological polar surface area (TPSA) is 75.7 Å². The lowest BCUT2D eigenvalue weighted by atomic mass is 10.3. The molecule has 1 aliphatic heterocycles. The minimum atomic E-state index is -0.737. The lowest BCUT2D eigenvalue weighted by molar-refractivity contribution is -0.171. The number of nitrogens with zero attached hydrogens (tertiary/aromatic N) is 1. The molecule has 1 aliphatic carbocycles. The summed E-state index contributed by atoms with van der Waals surface area (Å²) in [4.78, 5) is 38.1. The second-order valence-corrected chi connectivity index (χ2v) is 4.15. The van der Waals surface area contributed by atoms with E-state index in [1.807, 2.05) is 6.92 Å². The van der Waals surface area contributed by atoms with E-state index in [2.05, 4.69) is 10.2 Å². The lowest BCUT2D eigenvalue weighted by Gasteiger charge is -2.15. The fraction of sp³-hybridized carbons (Fsp3) is 0.667. The van der Waals surface area contributed by atoms with E-state index in [4.69, 9.17) is 0 Å². The van der Waals surface area contributed by atoms with Crippen molar-refractivity contribution in [3.05, 3.63) is 0 Å². The molecule has 0 aromatic carbocycles. The number of carbonyl (C=O) groups excluding carboxylic acids is 3. The average Bonchev–Trinajstić information content (AvgIpc) is 2.80. The molecule has 1 saturated carbocycles. The van der Waals surface area contributed by atoms with E-state index < -0.39 is 17.9 Å². The predicted molar refractivity (Wildman–Crippen MR) is 48.3 cm³/mol. The van der Waals surface area contributed by atoms with Crippen LogP contribution in [0.2, 0.25) is 0 Å². The summed E-state index contributed by atoms with van der Waals surface area (Å²) in [5.41, 5.74) is -0.219. The Hall–Kier alpha value is -1.59. The molecule has 15 heavy (non-hydrogen) atoms. The van der Waals surface area contributed by atoms with Gasteiger partial charge < -0.3 is 10.2 Å². The van der Waals surface area contributed by atoms with Crippen molar-refractivity contribution in [2.75, 3.05) is 0 Å². The Kier molecular flexibility index (Phi) is 2.13. The molecular formula is C9H12N2O4. The quantitative estimate of drug-likeness (QED) is 0.669. The highest BCUT2D eigenvalue weighted by atomic mass is 16.7. The van der Waals surface area contributed by atoms with Gasteiger partial charge in [-0.1, -0.05) is 0 Å². The Morgan fingerprint density at radius 1 is 1.33 bits per heavy atom. The molecule has 0 bridgehead atoms. The molecule has 82 valence electrons. The highest BCUT2D eigenvalue weighted by molar-refractivity contribution is 6.01. The minimum absolute atomic E-state index is 0.114. The van der Waals surface area contributed by atoms with Crippen LogP contribution in [-0.2, 0) is 14.4 Å². The first kappa shape index (κ1) is 9.95. The van der Waals surface area contributed by atoms with Gasteiger partial charge >= 0.3 is 6.09 Å². The first-order valence-corrected chi connectivity index (χ1v) is 4.86. The van der Waals surface area contributed by atoms with Gasteiger partial charge in [0.05, 0.1) is 0 Å². The van der Waals surface area contributed by atoms with Crippen molar-refractivity contribution in [2.45, 2.75) is 38.1 Å². The fourth-order valence-corrected chi connectivity index (χ4v) is 1.32. The maximum Gasteiger partial charge on any atom is 0.432 e. The van der Waals surface area contributed by atoms with Gasteiger partial charge in [-0.15, -0.1) is 5.06 Å². The number of hydrogen-bond donors (Lipinski definition) is 1. The van der Waals surface area contributed by atoms with Crippen molar-refractivity contribution in [3.8, 4) is 0 Å². The number of hydrogen-bond acceptors (Lipinski definition) is 4. The molecular weight excluding hydrogens is 200 g/mol. The first-order chi connectivity index (χ1) is 7.00. The highest BCUT2D eigenvalue weighted by Crippen LogP contribution is 2.34. The number of nitrogens with one attached hydrogen (secondary N) is 1. The molecule has 1 N–H and O–H groups in total. The van der Waals surface area contributed by atoms with Crippen molar-refractivity contribution in [1.29, 1.82) is 0 Å². The molecule has 2 aliphatic rings. The molecule has 6 heteroatoms. The summed E-state index contributed by atoms with van der Waals surface area (Å²) in [5.74, 6) is -0.924. The van der Waals surface area contributed by atoms with E-state index in [-0.39, 0.29) is 18.4 Å². The van der Waals surface area contributed by atoms with Crippen LogP contribution in [-0.4, -0.2) is 28.5 Å². The Balaban J connectivity index is 1.88. The van der Waals surface area contributed by atoms with Crippen LogP contribution >= 0.6 is 0 Å². The van der Waals surface area contributed by atoms with Crippen LogP contribution in [0, 0.1) is 0 Å². The SMILES string of the molecule is CC1(NC(=O)ON2C(=O)CCC2=O)CC1. The molecule has 0 aromatic heterocycles. The molecule has 0 unspecified atom stereocenters. The van der Waals surface area contributed by atoms with Crippen LogP contribution in [0.1, 0.15) is 32.6 Å². The highest BCUT2D eigenvalue weighted by Gasteiger charge is 2.41. The van der Waals surface area contributed by atoms with Gasteiger partial charge in [0.15, 0.2) is 0 Å². The fourth-order valence-electron chi connectivity index (χ4n) is 1.32. The standard InChI is InChI=1S/C9H12N2O4/c1-9(4-5-9)10-8(14)15-11-6(12)2-3-7(11)13/h2-5H2,1H3,(H,10,14). The van der Waals surface area contributed by atoms with Gasteiger partial charge in [-0.2, -0.15) is 0 Å². The zero-order valence-electron chi connectivity index (χ0n) is 8.41. The largest absolute Gasteiger partial charge is 0.432 e. The predicted octanol–water partition coefficient (Wildman–Crippen LogP) is 0.329. The minimum Gasteiger partial charge on any atom is -0.314 e. The molecule has 0 radical (unpaired) electrons. The number of imide groups is 1. The number of hydroxylamine groups is 2. The van der Waals surface area contributed by atoms with E-state index in [1.54, 1.807) is 0 Å². The molecule has 1 saturated heterocycles. The van der Waals surface area contributed by atoms with Gasteiger partial charge in [0.2, 0.25) is 0 Å². The number of amides is 3. The monoisotopic (exact) mass is 212 g/mol. The Bertz CT molecular complexity index is 319. The third kappa shape index (κ3) is 2.08. The van der Waals surface area contributed by atoms with Gasteiger partial charge in [-0.25, -0.2) is 4.79 Å². The van der Waals surface area contributed by atoms with Gasteiger partial charge in [-0.05, 0) is 19.8 Å². The normalized spacial score (nSPS) is 22.9. The van der Waals surface area contributed by atoms with Gasteiger partial charge in [0.1, 0.15) is 0 Å². The van der Waals surface area contributed by atoms with E-state index in [0.717, 1.165) is 12.8 Å². The number of carbonyl (C=O) groups is 3. The van der Waals surface area contributed by atoms with Crippen molar-refractivity contribution in [2.24, 2.45) is 0 Å². The summed E-state index contributed by atoms with van der Waals surface area (Å²) in [5, 5.41) is 3.13. The van der Waals surface area contributed by atoms with Gasteiger partial charge in [-0.3, -0.25) is 9.59 Å². The van der Waals surface area contributed by atoms with Crippen molar-refractivity contribution < 1.29 is 19.2 Å². The van der Waals surface area contributed by atoms with Gasteiger partial charge in [0.25, 0.3) is 11.8 Å². The average molecular weight is 212 g/mol. The zero-order chi connectivity index (χ0) is 11.1. The Morgan fingerprint density at radius 2 is 1.87 bits per heavy atom. The maximum absolute atomic E-state index is 11.3. The Labute approximate surface area is 86.5 Å². The van der Waals surface area contributed by atoms with E-state index >= 15 is 0 Å².